The van der Waals surface area contributed by atoms with Crippen LogP contribution in [0.3, 0.4) is 0 Å². The highest BCUT2D eigenvalue weighted by atomic mass is 15.0. The summed E-state index contributed by atoms with van der Waals surface area (Å²) in [4.78, 5) is 19.3. The molecule has 6 aromatic carbocycles. The van der Waals surface area contributed by atoms with Crippen LogP contribution in [0.15, 0.2) is 164 Å². The Balaban J connectivity index is 1.04. The smallest absolute Gasteiger partial charge is 0.164 e. The predicted octanol–water partition coefficient (Wildman–Crippen LogP) is 12.4. The van der Waals surface area contributed by atoms with Crippen LogP contribution in [-0.4, -0.2) is 19.9 Å². The molecule has 0 bridgehead atoms. The Morgan fingerprint density at radius 1 is 0.446 bits per heavy atom. The number of aromatic nitrogens is 4. The average molecular weight is 720 g/mol. The fraction of sp³-hybridized carbons (Fsp3) is 0.118. The van der Waals surface area contributed by atoms with E-state index in [1.54, 1.807) is 6.20 Å². The van der Waals surface area contributed by atoms with Gasteiger partial charge >= 0.3 is 0 Å². The lowest BCUT2D eigenvalue weighted by molar-refractivity contribution is 0.353. The second kappa shape index (κ2) is 14.0. The Labute approximate surface area is 327 Å². The fourth-order valence-corrected chi connectivity index (χ4v) is 8.95. The Morgan fingerprint density at radius 3 is 1.77 bits per heavy atom. The highest BCUT2D eigenvalue weighted by Crippen LogP contribution is 2.58. The van der Waals surface area contributed by atoms with Crippen LogP contribution < -0.4 is 0 Å². The number of nitrogens with zero attached hydrogens (tertiary/aromatic N) is 5. The van der Waals surface area contributed by atoms with Gasteiger partial charge in [0, 0.05) is 34.5 Å². The predicted molar refractivity (Wildman–Crippen MR) is 224 cm³/mol. The first-order valence-electron chi connectivity index (χ1n) is 19.4. The lowest BCUT2D eigenvalue weighted by atomic mass is 9.67. The topological polar surface area (TPSA) is 75.3 Å². The molecular formula is C51H37N5. The van der Waals surface area contributed by atoms with E-state index in [9.17, 15) is 5.26 Å². The van der Waals surface area contributed by atoms with Crippen molar-refractivity contribution in [3.05, 3.63) is 181 Å². The minimum atomic E-state index is -0.0266. The highest BCUT2D eigenvalue weighted by molar-refractivity contribution is 5.94. The summed E-state index contributed by atoms with van der Waals surface area (Å²) >= 11 is 0. The van der Waals surface area contributed by atoms with Gasteiger partial charge in [-0.3, -0.25) is 4.98 Å². The van der Waals surface area contributed by atoms with Crippen molar-refractivity contribution in [1.29, 1.82) is 5.26 Å². The number of nitriles is 1. The molecule has 5 heteroatoms. The number of hydrogen-bond acceptors (Lipinski definition) is 5. The minimum absolute atomic E-state index is 0.0266. The summed E-state index contributed by atoms with van der Waals surface area (Å²) in [5, 5.41) is 9.85. The number of fused-ring (bicyclic) bond motifs is 5. The molecule has 0 saturated heterocycles. The molecule has 56 heavy (non-hydrogen) atoms. The zero-order chi connectivity index (χ0) is 37.5. The maximum absolute atomic E-state index is 9.85. The van der Waals surface area contributed by atoms with E-state index >= 15 is 0 Å². The Hall–Kier alpha value is -7.03. The monoisotopic (exact) mass is 719 g/mol. The number of hydrogen-bond donors (Lipinski definition) is 0. The van der Waals surface area contributed by atoms with E-state index in [-0.39, 0.29) is 5.41 Å². The summed E-state index contributed by atoms with van der Waals surface area (Å²) in [7, 11) is 0. The molecule has 2 aromatic heterocycles. The Bertz CT molecular complexity index is 2780. The van der Waals surface area contributed by atoms with Crippen LogP contribution in [0.2, 0.25) is 0 Å². The summed E-state index contributed by atoms with van der Waals surface area (Å²) in [5.74, 6) is 1.87. The van der Waals surface area contributed by atoms with Gasteiger partial charge in [-0.15, -0.1) is 0 Å². The largest absolute Gasteiger partial charge is 0.264 e. The summed E-state index contributed by atoms with van der Waals surface area (Å²) in [6.07, 6.45) is 9.59. The van der Waals surface area contributed by atoms with Crippen LogP contribution in [-0.2, 0) is 5.41 Å². The summed E-state index contributed by atoms with van der Waals surface area (Å²) in [5.41, 5.74) is 15.6. The Kier molecular flexibility index (Phi) is 8.38. The molecule has 0 radical (unpaired) electrons. The first-order chi connectivity index (χ1) is 27.7. The van der Waals surface area contributed by atoms with Crippen molar-refractivity contribution in [2.24, 2.45) is 0 Å². The third kappa shape index (κ3) is 5.88. The molecule has 5 nitrogen and oxygen atoms in total. The van der Waals surface area contributed by atoms with Crippen LogP contribution in [0.5, 0.6) is 0 Å². The second-order valence-corrected chi connectivity index (χ2v) is 14.9. The van der Waals surface area contributed by atoms with Gasteiger partial charge in [-0.2, -0.15) is 5.26 Å². The van der Waals surface area contributed by atoms with E-state index in [1.807, 2.05) is 48.7 Å². The maximum atomic E-state index is 9.85. The lowest BCUT2D eigenvalue weighted by Gasteiger charge is -2.36. The van der Waals surface area contributed by atoms with Crippen LogP contribution in [0.25, 0.3) is 78.7 Å². The second-order valence-electron chi connectivity index (χ2n) is 14.9. The van der Waals surface area contributed by atoms with Crippen LogP contribution >= 0.6 is 0 Å². The van der Waals surface area contributed by atoms with Crippen molar-refractivity contribution >= 4 is 0 Å². The zero-order valence-corrected chi connectivity index (χ0v) is 30.9. The van der Waals surface area contributed by atoms with Gasteiger partial charge < -0.3 is 0 Å². The van der Waals surface area contributed by atoms with Crippen molar-refractivity contribution < 1.29 is 0 Å². The molecular weight excluding hydrogens is 683 g/mol. The molecule has 0 amide bonds. The van der Waals surface area contributed by atoms with Gasteiger partial charge in [0.05, 0.1) is 11.6 Å². The molecule has 8 aromatic rings. The Morgan fingerprint density at radius 2 is 1.05 bits per heavy atom. The molecule has 10 rings (SSSR count). The molecule has 1 fully saturated rings. The van der Waals surface area contributed by atoms with Crippen molar-refractivity contribution in [2.45, 2.75) is 37.5 Å². The van der Waals surface area contributed by atoms with E-state index in [2.05, 4.69) is 120 Å². The molecule has 2 aliphatic carbocycles. The van der Waals surface area contributed by atoms with Gasteiger partial charge in [0.1, 0.15) is 0 Å². The van der Waals surface area contributed by atoms with E-state index in [4.69, 9.17) is 15.0 Å². The van der Waals surface area contributed by atoms with Crippen molar-refractivity contribution in [2.75, 3.05) is 0 Å². The first kappa shape index (κ1) is 33.5. The molecule has 2 heterocycles. The van der Waals surface area contributed by atoms with Crippen molar-refractivity contribution in [3.63, 3.8) is 0 Å². The molecule has 266 valence electrons. The third-order valence-electron chi connectivity index (χ3n) is 11.7. The maximum Gasteiger partial charge on any atom is 0.164 e. The van der Waals surface area contributed by atoms with Gasteiger partial charge in [-0.1, -0.05) is 141 Å². The average Bonchev–Trinajstić information content (AvgIpc) is 3.55. The van der Waals surface area contributed by atoms with Gasteiger partial charge in [-0.25, -0.2) is 15.0 Å². The number of pyridine rings is 1. The van der Waals surface area contributed by atoms with E-state index < -0.39 is 0 Å². The van der Waals surface area contributed by atoms with Gasteiger partial charge in [0.25, 0.3) is 0 Å². The van der Waals surface area contributed by atoms with Gasteiger partial charge in [0.2, 0.25) is 0 Å². The first-order valence-corrected chi connectivity index (χ1v) is 19.4. The molecule has 1 spiro atoms. The molecule has 0 aliphatic heterocycles. The van der Waals surface area contributed by atoms with Crippen LogP contribution in [0.1, 0.15) is 48.8 Å². The standard InChI is InChI=1S/C51H37N5/c52-32-34-20-25-44-46(29-34)51(26-5-2-6-27-51)45-19-9-18-43(47(44)45)40-15-7-13-38(30-40)39-14-8-16-41(31-39)50-55-48(36-11-3-1-4-12-36)54-49(56-50)37-23-21-35(22-24-37)42-17-10-28-53-33-42/h1,3-4,7-25,28-31,33H,2,5-6,26-27H2. The zero-order valence-electron chi connectivity index (χ0n) is 30.9. The molecule has 0 N–H and O–H groups in total. The molecule has 0 unspecified atom stereocenters. The van der Waals surface area contributed by atoms with Crippen LogP contribution in [0.4, 0.5) is 0 Å². The molecule has 2 aliphatic rings. The van der Waals surface area contributed by atoms with E-state index in [0.29, 0.717) is 17.5 Å². The highest BCUT2D eigenvalue weighted by Gasteiger charge is 2.44. The SMILES string of the molecule is N#Cc1ccc2c(c1)C1(CCCCC1)c1cccc(-c3cccc(-c4cccc(-c5nc(-c6ccccc6)nc(-c6ccc(-c7cccnc7)cc6)n5)c4)c3)c1-2. The van der Waals surface area contributed by atoms with Crippen molar-refractivity contribution in [3.8, 4) is 84.7 Å². The van der Waals surface area contributed by atoms with Crippen molar-refractivity contribution in [1.82, 2.24) is 19.9 Å². The lowest BCUT2D eigenvalue weighted by Crippen LogP contribution is -2.28. The molecule has 1 saturated carbocycles. The normalized spacial score (nSPS) is 13.8. The van der Waals surface area contributed by atoms with Gasteiger partial charge in [-0.05, 0) is 98.8 Å². The van der Waals surface area contributed by atoms with Gasteiger partial charge in [0.15, 0.2) is 17.5 Å². The summed E-state index contributed by atoms with van der Waals surface area (Å²) < 4.78 is 0. The number of benzene rings is 6. The summed E-state index contributed by atoms with van der Waals surface area (Å²) in [6, 6.07) is 55.4. The number of rotatable bonds is 6. The van der Waals surface area contributed by atoms with E-state index in [1.165, 1.54) is 52.6 Å². The third-order valence-corrected chi connectivity index (χ3v) is 11.7. The molecule has 0 atom stereocenters. The van der Waals surface area contributed by atoms with E-state index in [0.717, 1.165) is 57.3 Å². The summed E-state index contributed by atoms with van der Waals surface area (Å²) in [6.45, 7) is 0. The fourth-order valence-electron chi connectivity index (χ4n) is 8.95. The minimum Gasteiger partial charge on any atom is -0.264 e. The quantitative estimate of drug-likeness (QED) is 0.171. The van der Waals surface area contributed by atoms with Crippen LogP contribution in [0, 0.1) is 11.3 Å².